The predicted octanol–water partition coefficient (Wildman–Crippen LogP) is 2.95. The Hall–Kier alpha value is -1.30. The molecule has 0 bridgehead atoms. The molecule has 2 fully saturated rings. The van der Waals surface area contributed by atoms with Gasteiger partial charge in [-0.3, -0.25) is 0 Å². The molecule has 5 nitrogen and oxygen atoms in total. The molecule has 5 heteroatoms. The normalized spacial score (nSPS) is 20.2. The number of nitrogens with zero attached hydrogens (tertiary/aromatic N) is 1. The van der Waals surface area contributed by atoms with Crippen LogP contribution in [-0.2, 0) is 6.54 Å². The topological polar surface area (TPSA) is 54.0 Å². The minimum Gasteiger partial charge on any atom is -0.493 e. The third kappa shape index (κ3) is 5.86. The highest BCUT2D eigenvalue weighted by Gasteiger charge is 2.17. The molecule has 0 aromatic heterocycles. The van der Waals surface area contributed by atoms with E-state index >= 15 is 0 Å². The van der Waals surface area contributed by atoms with Crippen LogP contribution in [0.1, 0.15) is 50.5 Å². The summed E-state index contributed by atoms with van der Waals surface area (Å²) in [5.74, 6) is 1.44. The van der Waals surface area contributed by atoms with Crippen LogP contribution in [0, 0.1) is 0 Å². The summed E-state index contributed by atoms with van der Waals surface area (Å²) in [7, 11) is 1.67. The average Bonchev–Trinajstić information content (AvgIpc) is 3.18. The quantitative estimate of drug-likeness (QED) is 0.707. The summed E-state index contributed by atoms with van der Waals surface area (Å²) in [5, 5.41) is 13.9. The molecule has 0 spiro atoms. The van der Waals surface area contributed by atoms with Crippen molar-refractivity contribution in [2.24, 2.45) is 0 Å². The minimum atomic E-state index is -0.467. The fourth-order valence-corrected chi connectivity index (χ4v) is 4.01. The molecule has 1 aromatic rings. The lowest BCUT2D eigenvalue weighted by Crippen LogP contribution is -2.33. The Bertz CT molecular complexity index is 540. The summed E-state index contributed by atoms with van der Waals surface area (Å²) in [6, 6.07) is 6.73. The Morgan fingerprint density at radius 3 is 2.62 bits per heavy atom. The first-order chi connectivity index (χ1) is 12.7. The van der Waals surface area contributed by atoms with Crippen molar-refractivity contribution in [2.45, 2.75) is 63.6 Å². The summed E-state index contributed by atoms with van der Waals surface area (Å²) in [5.41, 5.74) is 1.21. The van der Waals surface area contributed by atoms with Crippen molar-refractivity contribution in [2.75, 3.05) is 33.4 Å². The highest BCUT2D eigenvalue weighted by molar-refractivity contribution is 5.43. The average molecular weight is 363 g/mol. The minimum absolute atomic E-state index is 0.298. The number of methoxy groups -OCH3 is 1. The molecule has 146 valence electrons. The van der Waals surface area contributed by atoms with E-state index in [2.05, 4.69) is 16.3 Å². The van der Waals surface area contributed by atoms with Gasteiger partial charge >= 0.3 is 0 Å². The van der Waals surface area contributed by atoms with E-state index in [1.165, 1.54) is 50.5 Å². The molecule has 0 amide bonds. The first-order valence-electron chi connectivity index (χ1n) is 10.2. The van der Waals surface area contributed by atoms with Crippen LogP contribution in [0.15, 0.2) is 18.2 Å². The molecular formula is C21H34N2O3. The summed E-state index contributed by atoms with van der Waals surface area (Å²) in [6.45, 7) is 4.02. The van der Waals surface area contributed by atoms with Gasteiger partial charge in [-0.25, -0.2) is 0 Å². The van der Waals surface area contributed by atoms with Crippen LogP contribution in [0.4, 0.5) is 0 Å². The van der Waals surface area contributed by atoms with Crippen molar-refractivity contribution in [3.8, 4) is 11.5 Å². The van der Waals surface area contributed by atoms with E-state index in [-0.39, 0.29) is 0 Å². The number of hydrogen-bond acceptors (Lipinski definition) is 5. The lowest BCUT2D eigenvalue weighted by atomic mass is 9.95. The van der Waals surface area contributed by atoms with Gasteiger partial charge in [0, 0.05) is 19.1 Å². The van der Waals surface area contributed by atoms with Crippen LogP contribution in [-0.4, -0.2) is 55.5 Å². The zero-order chi connectivity index (χ0) is 18.2. The number of nitrogens with one attached hydrogen (secondary N) is 1. The number of benzene rings is 1. The summed E-state index contributed by atoms with van der Waals surface area (Å²) in [6.07, 6.45) is 8.63. The van der Waals surface area contributed by atoms with E-state index < -0.39 is 6.10 Å². The zero-order valence-electron chi connectivity index (χ0n) is 16.1. The molecule has 1 aliphatic heterocycles. The zero-order valence-corrected chi connectivity index (χ0v) is 16.1. The van der Waals surface area contributed by atoms with Gasteiger partial charge in [-0.1, -0.05) is 25.3 Å². The number of aliphatic hydroxyl groups excluding tert-OH is 1. The summed E-state index contributed by atoms with van der Waals surface area (Å²) >= 11 is 0. The van der Waals surface area contributed by atoms with E-state index in [4.69, 9.17) is 9.47 Å². The standard InChI is InChI=1S/C21H34N2O3/c1-25-21-13-17(14-22-18-7-3-2-4-8-18)9-10-20(21)26-16-19(24)15-23-11-5-6-12-23/h9-10,13,18-19,22,24H,2-8,11-12,14-16H2,1H3. The van der Waals surface area contributed by atoms with Gasteiger partial charge in [0.15, 0.2) is 11.5 Å². The maximum atomic E-state index is 10.2. The lowest BCUT2D eigenvalue weighted by Gasteiger charge is -2.23. The molecule has 1 aromatic carbocycles. The van der Waals surface area contributed by atoms with Crippen molar-refractivity contribution in [1.29, 1.82) is 0 Å². The van der Waals surface area contributed by atoms with Crippen molar-refractivity contribution in [1.82, 2.24) is 10.2 Å². The van der Waals surface area contributed by atoms with Crippen molar-refractivity contribution in [3.63, 3.8) is 0 Å². The van der Waals surface area contributed by atoms with Crippen LogP contribution in [0.3, 0.4) is 0 Å². The van der Waals surface area contributed by atoms with Gasteiger partial charge in [0.2, 0.25) is 0 Å². The smallest absolute Gasteiger partial charge is 0.161 e. The number of likely N-dealkylation sites (tertiary alicyclic amines) is 1. The Labute approximate surface area is 157 Å². The van der Waals surface area contributed by atoms with E-state index in [0.717, 1.165) is 25.4 Å². The van der Waals surface area contributed by atoms with Crippen LogP contribution in [0.2, 0.25) is 0 Å². The van der Waals surface area contributed by atoms with Crippen molar-refractivity contribution >= 4 is 0 Å². The van der Waals surface area contributed by atoms with Gasteiger partial charge in [0.25, 0.3) is 0 Å². The van der Waals surface area contributed by atoms with E-state index in [0.29, 0.717) is 24.9 Å². The number of β-amino-alcohol motifs (C(OH)–C–C–N with tert-alkyl or cyclic N) is 1. The molecule has 1 saturated carbocycles. The highest BCUT2D eigenvalue weighted by Crippen LogP contribution is 2.28. The Balaban J connectivity index is 1.47. The third-order valence-electron chi connectivity index (χ3n) is 5.53. The molecule has 3 rings (SSSR count). The molecule has 1 atom stereocenters. The maximum absolute atomic E-state index is 10.2. The Morgan fingerprint density at radius 1 is 1.12 bits per heavy atom. The van der Waals surface area contributed by atoms with Gasteiger partial charge in [-0.05, 0) is 56.5 Å². The molecule has 0 radical (unpaired) electrons. The first-order valence-corrected chi connectivity index (χ1v) is 10.2. The van der Waals surface area contributed by atoms with E-state index in [1.54, 1.807) is 7.11 Å². The van der Waals surface area contributed by atoms with Crippen LogP contribution in [0.25, 0.3) is 0 Å². The summed E-state index contributed by atoms with van der Waals surface area (Å²) in [4.78, 5) is 2.30. The Kier molecular flexibility index (Phi) is 7.59. The lowest BCUT2D eigenvalue weighted by molar-refractivity contribution is 0.0747. The second-order valence-corrected chi connectivity index (χ2v) is 7.67. The highest BCUT2D eigenvalue weighted by atomic mass is 16.5. The molecule has 1 heterocycles. The monoisotopic (exact) mass is 362 g/mol. The number of hydrogen-bond donors (Lipinski definition) is 2. The molecule has 1 aliphatic carbocycles. The SMILES string of the molecule is COc1cc(CNC2CCCCC2)ccc1OCC(O)CN1CCCC1. The van der Waals surface area contributed by atoms with E-state index in [9.17, 15) is 5.11 Å². The van der Waals surface area contributed by atoms with Gasteiger partial charge in [-0.2, -0.15) is 0 Å². The van der Waals surface area contributed by atoms with Crippen LogP contribution < -0.4 is 14.8 Å². The first kappa shape index (κ1) is 19.5. The predicted molar refractivity (Wildman–Crippen MR) is 104 cm³/mol. The maximum Gasteiger partial charge on any atom is 0.161 e. The van der Waals surface area contributed by atoms with Crippen LogP contribution in [0.5, 0.6) is 11.5 Å². The molecule has 1 unspecified atom stereocenters. The van der Waals surface area contributed by atoms with Crippen molar-refractivity contribution < 1.29 is 14.6 Å². The van der Waals surface area contributed by atoms with Gasteiger partial charge < -0.3 is 24.8 Å². The molecule has 26 heavy (non-hydrogen) atoms. The largest absolute Gasteiger partial charge is 0.493 e. The molecular weight excluding hydrogens is 328 g/mol. The fourth-order valence-electron chi connectivity index (χ4n) is 4.01. The van der Waals surface area contributed by atoms with Crippen LogP contribution >= 0.6 is 0 Å². The molecule has 2 N–H and O–H groups in total. The number of rotatable bonds is 9. The third-order valence-corrected chi connectivity index (χ3v) is 5.53. The molecule has 2 aliphatic rings. The fraction of sp³-hybridized carbons (Fsp3) is 0.714. The Morgan fingerprint density at radius 2 is 1.88 bits per heavy atom. The van der Waals surface area contributed by atoms with Gasteiger partial charge in [0.1, 0.15) is 12.7 Å². The second kappa shape index (κ2) is 10.1. The number of aliphatic hydroxyl groups is 1. The summed E-state index contributed by atoms with van der Waals surface area (Å²) < 4.78 is 11.3. The second-order valence-electron chi connectivity index (χ2n) is 7.67. The molecule has 1 saturated heterocycles. The van der Waals surface area contributed by atoms with Crippen molar-refractivity contribution in [3.05, 3.63) is 23.8 Å². The van der Waals surface area contributed by atoms with E-state index in [1.807, 2.05) is 12.1 Å². The van der Waals surface area contributed by atoms with Gasteiger partial charge in [0.05, 0.1) is 7.11 Å². The van der Waals surface area contributed by atoms with Gasteiger partial charge in [-0.15, -0.1) is 0 Å². The number of ether oxygens (including phenoxy) is 2.